The number of carboxylic acids is 1. The number of nitrogens with zero attached hydrogens (tertiary/aromatic N) is 2. The van der Waals surface area contributed by atoms with Gasteiger partial charge in [0.2, 0.25) is 0 Å². The van der Waals surface area contributed by atoms with E-state index >= 15 is 0 Å². The number of aliphatic carboxylic acids is 1. The number of carbonyl (C=O) groups is 2. The van der Waals surface area contributed by atoms with Gasteiger partial charge in [-0.2, -0.15) is 5.10 Å². The molecule has 1 rings (SSSR count). The highest BCUT2D eigenvalue weighted by molar-refractivity contribution is 5.95. The predicted octanol–water partition coefficient (Wildman–Crippen LogP) is 1.79. The predicted molar refractivity (Wildman–Crippen MR) is 75.7 cm³/mol. The Balaban J connectivity index is 2.85. The molecular formula is C14H23N3O3. The fourth-order valence-corrected chi connectivity index (χ4v) is 1.78. The van der Waals surface area contributed by atoms with E-state index in [1.807, 2.05) is 27.7 Å². The van der Waals surface area contributed by atoms with Crippen molar-refractivity contribution in [3.8, 4) is 0 Å². The summed E-state index contributed by atoms with van der Waals surface area (Å²) in [6.45, 7) is 11.0. The van der Waals surface area contributed by atoms with E-state index in [4.69, 9.17) is 5.11 Å². The Bertz CT molecular complexity index is 524. The molecule has 0 radical (unpaired) electrons. The first-order chi connectivity index (χ1) is 8.97. The lowest BCUT2D eigenvalue weighted by Crippen LogP contribution is -2.39. The monoisotopic (exact) mass is 281 g/mol. The quantitative estimate of drug-likeness (QED) is 0.881. The average molecular weight is 281 g/mol. The summed E-state index contributed by atoms with van der Waals surface area (Å²) in [6, 6.07) is 0. The molecule has 6 heteroatoms. The zero-order chi connectivity index (χ0) is 15.7. The molecule has 1 heterocycles. The fourth-order valence-electron chi connectivity index (χ4n) is 1.78. The molecule has 0 aliphatic carbocycles. The topological polar surface area (TPSA) is 84.2 Å². The molecule has 0 saturated heterocycles. The van der Waals surface area contributed by atoms with E-state index < -0.39 is 11.4 Å². The number of carbonyl (C=O) groups excluding carboxylic acids is 1. The second-order valence-corrected chi connectivity index (χ2v) is 6.60. The fraction of sp³-hybridized carbons (Fsp3) is 0.643. The number of amides is 1. The van der Waals surface area contributed by atoms with Gasteiger partial charge in [0.05, 0.1) is 22.7 Å². The number of aromatic nitrogens is 2. The van der Waals surface area contributed by atoms with Crippen LogP contribution >= 0.6 is 0 Å². The first-order valence-electron chi connectivity index (χ1n) is 6.53. The Labute approximate surface area is 119 Å². The van der Waals surface area contributed by atoms with Crippen LogP contribution in [0.15, 0.2) is 6.20 Å². The van der Waals surface area contributed by atoms with Crippen molar-refractivity contribution in [1.29, 1.82) is 0 Å². The standard InChI is InChI=1S/C14H23N3O3/c1-9-10(7-16-17(9)13(2,3)4)11(18)15-8-14(5,6)12(19)20/h7H,8H2,1-6H3,(H,15,18)(H,19,20). The van der Waals surface area contributed by atoms with Crippen LogP contribution in [-0.4, -0.2) is 33.3 Å². The lowest BCUT2D eigenvalue weighted by atomic mass is 9.94. The molecule has 20 heavy (non-hydrogen) atoms. The molecule has 0 atom stereocenters. The highest BCUT2D eigenvalue weighted by Gasteiger charge is 2.28. The highest BCUT2D eigenvalue weighted by Crippen LogP contribution is 2.19. The second kappa shape index (κ2) is 5.26. The minimum Gasteiger partial charge on any atom is -0.481 e. The van der Waals surface area contributed by atoms with Crippen molar-refractivity contribution in [2.45, 2.75) is 47.1 Å². The molecule has 0 saturated carbocycles. The van der Waals surface area contributed by atoms with Gasteiger partial charge < -0.3 is 10.4 Å². The van der Waals surface area contributed by atoms with Crippen molar-refractivity contribution in [3.05, 3.63) is 17.5 Å². The Morgan fingerprint density at radius 2 is 1.85 bits per heavy atom. The van der Waals surface area contributed by atoms with Gasteiger partial charge in [-0.3, -0.25) is 14.3 Å². The van der Waals surface area contributed by atoms with Gasteiger partial charge >= 0.3 is 5.97 Å². The van der Waals surface area contributed by atoms with E-state index in [1.54, 1.807) is 18.5 Å². The molecule has 0 aromatic carbocycles. The summed E-state index contributed by atoms with van der Waals surface area (Å²) in [5.74, 6) is -1.24. The van der Waals surface area contributed by atoms with Crippen molar-refractivity contribution >= 4 is 11.9 Å². The summed E-state index contributed by atoms with van der Waals surface area (Å²) >= 11 is 0. The van der Waals surface area contributed by atoms with Gasteiger partial charge in [-0.15, -0.1) is 0 Å². The van der Waals surface area contributed by atoms with Crippen LogP contribution in [0.2, 0.25) is 0 Å². The van der Waals surface area contributed by atoms with E-state index in [0.717, 1.165) is 5.69 Å². The van der Waals surface area contributed by atoms with Gasteiger partial charge in [0.1, 0.15) is 0 Å². The molecule has 1 amide bonds. The lowest BCUT2D eigenvalue weighted by molar-refractivity contribution is -0.146. The third-order valence-corrected chi connectivity index (χ3v) is 3.16. The number of hydrogen-bond donors (Lipinski definition) is 2. The van der Waals surface area contributed by atoms with E-state index in [0.29, 0.717) is 5.56 Å². The summed E-state index contributed by atoms with van der Waals surface area (Å²) in [5.41, 5.74) is 0.0382. The van der Waals surface area contributed by atoms with E-state index in [-0.39, 0.29) is 18.0 Å². The molecule has 0 aliphatic heterocycles. The molecule has 112 valence electrons. The number of nitrogens with one attached hydrogen (secondary N) is 1. The van der Waals surface area contributed by atoms with Crippen LogP contribution in [0.4, 0.5) is 0 Å². The molecule has 1 aromatic heterocycles. The summed E-state index contributed by atoms with van der Waals surface area (Å²) < 4.78 is 1.78. The van der Waals surface area contributed by atoms with Crippen LogP contribution < -0.4 is 5.32 Å². The van der Waals surface area contributed by atoms with E-state index in [1.165, 1.54) is 6.20 Å². The van der Waals surface area contributed by atoms with Crippen LogP contribution in [-0.2, 0) is 10.3 Å². The normalized spacial score (nSPS) is 12.3. The third kappa shape index (κ3) is 3.37. The van der Waals surface area contributed by atoms with Crippen molar-refractivity contribution in [2.75, 3.05) is 6.54 Å². The van der Waals surface area contributed by atoms with Crippen molar-refractivity contribution in [3.63, 3.8) is 0 Å². The number of hydrogen-bond acceptors (Lipinski definition) is 3. The van der Waals surface area contributed by atoms with Crippen molar-refractivity contribution < 1.29 is 14.7 Å². The number of carboxylic acid groups (broad SMARTS) is 1. The molecule has 0 bridgehead atoms. The number of rotatable bonds is 4. The maximum atomic E-state index is 12.1. The summed E-state index contributed by atoms with van der Waals surface area (Å²) in [5, 5.41) is 15.9. The molecule has 0 aliphatic rings. The Kier molecular flexibility index (Phi) is 4.27. The van der Waals surface area contributed by atoms with E-state index in [9.17, 15) is 9.59 Å². The second-order valence-electron chi connectivity index (χ2n) is 6.60. The third-order valence-electron chi connectivity index (χ3n) is 3.16. The van der Waals surface area contributed by atoms with Crippen LogP contribution in [0.1, 0.15) is 50.7 Å². The maximum Gasteiger partial charge on any atom is 0.310 e. The summed E-state index contributed by atoms with van der Waals surface area (Å²) in [6.07, 6.45) is 1.52. The Hall–Kier alpha value is -1.85. The maximum absolute atomic E-state index is 12.1. The first kappa shape index (κ1) is 16.2. The minimum atomic E-state index is -0.996. The molecule has 0 fully saturated rings. The van der Waals surface area contributed by atoms with Crippen LogP contribution in [0, 0.1) is 12.3 Å². The van der Waals surface area contributed by atoms with Gasteiger partial charge in [0.25, 0.3) is 5.91 Å². The SMILES string of the molecule is Cc1c(C(=O)NCC(C)(C)C(=O)O)cnn1C(C)(C)C. The molecule has 2 N–H and O–H groups in total. The minimum absolute atomic E-state index is 0.0707. The molecule has 0 spiro atoms. The summed E-state index contributed by atoms with van der Waals surface area (Å²) in [7, 11) is 0. The largest absolute Gasteiger partial charge is 0.481 e. The van der Waals surface area contributed by atoms with Crippen molar-refractivity contribution in [1.82, 2.24) is 15.1 Å². The zero-order valence-electron chi connectivity index (χ0n) is 12.9. The summed E-state index contributed by atoms with van der Waals surface area (Å²) in [4.78, 5) is 23.1. The molecule has 6 nitrogen and oxygen atoms in total. The Morgan fingerprint density at radius 1 is 1.30 bits per heavy atom. The molecule has 0 unspecified atom stereocenters. The Morgan fingerprint density at radius 3 is 2.25 bits per heavy atom. The first-order valence-corrected chi connectivity index (χ1v) is 6.53. The van der Waals surface area contributed by atoms with E-state index in [2.05, 4.69) is 10.4 Å². The van der Waals surface area contributed by atoms with Crippen molar-refractivity contribution in [2.24, 2.45) is 5.41 Å². The van der Waals surface area contributed by atoms with Gasteiger partial charge in [-0.05, 0) is 41.5 Å². The zero-order valence-corrected chi connectivity index (χ0v) is 12.9. The molecular weight excluding hydrogens is 258 g/mol. The van der Waals surface area contributed by atoms with Gasteiger partial charge in [0.15, 0.2) is 0 Å². The lowest BCUT2D eigenvalue weighted by Gasteiger charge is -2.22. The van der Waals surface area contributed by atoms with Gasteiger partial charge in [-0.25, -0.2) is 0 Å². The average Bonchev–Trinajstić information content (AvgIpc) is 2.67. The van der Waals surface area contributed by atoms with Crippen LogP contribution in [0.5, 0.6) is 0 Å². The van der Waals surface area contributed by atoms with Crippen LogP contribution in [0.3, 0.4) is 0 Å². The van der Waals surface area contributed by atoms with Crippen LogP contribution in [0.25, 0.3) is 0 Å². The molecule has 1 aromatic rings. The van der Waals surface area contributed by atoms with Gasteiger partial charge in [-0.1, -0.05) is 0 Å². The highest BCUT2D eigenvalue weighted by atomic mass is 16.4. The smallest absolute Gasteiger partial charge is 0.310 e. The van der Waals surface area contributed by atoms with Gasteiger partial charge in [0, 0.05) is 12.2 Å².